The van der Waals surface area contributed by atoms with Crippen LogP contribution in [-0.2, 0) is 17.9 Å². The van der Waals surface area contributed by atoms with Crippen LogP contribution in [0.25, 0.3) is 0 Å². The van der Waals surface area contributed by atoms with E-state index in [4.69, 9.17) is 26.8 Å². The number of hydrogen-bond acceptors (Lipinski definition) is 3. The minimum Gasteiger partial charge on any atom is -0.493 e. The average Bonchev–Trinajstić information content (AvgIpc) is 2.55. The summed E-state index contributed by atoms with van der Waals surface area (Å²) in [4.78, 5) is 11.0. The third-order valence-electron chi connectivity index (χ3n) is 3.33. The molecule has 0 saturated heterocycles. The number of para-hydroxylation sites is 1. The van der Waals surface area contributed by atoms with Crippen molar-refractivity contribution < 1.29 is 19.6 Å². The molecule has 0 fully saturated rings. The quantitative estimate of drug-likeness (QED) is 0.767. The fourth-order valence-corrected chi connectivity index (χ4v) is 2.45. The Kier molecular flexibility index (Phi) is 6.26. The van der Waals surface area contributed by atoms with Gasteiger partial charge in [0.05, 0.1) is 12.7 Å². The van der Waals surface area contributed by atoms with Crippen molar-refractivity contribution in [3.63, 3.8) is 0 Å². The molecule has 5 nitrogen and oxygen atoms in total. The third-order valence-corrected chi connectivity index (χ3v) is 3.69. The van der Waals surface area contributed by atoms with Crippen molar-refractivity contribution in [1.29, 1.82) is 0 Å². The van der Waals surface area contributed by atoms with Gasteiger partial charge in [-0.05, 0) is 18.2 Å². The van der Waals surface area contributed by atoms with E-state index in [2.05, 4.69) is 5.32 Å². The molecule has 2 rings (SSSR count). The first-order chi connectivity index (χ1) is 11.1. The number of hydrogen-bond donors (Lipinski definition) is 2. The third kappa shape index (κ3) is 4.87. The summed E-state index contributed by atoms with van der Waals surface area (Å²) in [6, 6.07) is 13.3. The Morgan fingerprint density at radius 3 is 2.52 bits per heavy atom. The summed E-state index contributed by atoms with van der Waals surface area (Å²) in [5.74, 6) is 0.598. The van der Waals surface area contributed by atoms with Crippen LogP contribution in [0.5, 0.6) is 11.5 Å². The number of halogens is 1. The lowest BCUT2D eigenvalue weighted by molar-refractivity contribution is -0.686. The Balaban J connectivity index is 2.06. The van der Waals surface area contributed by atoms with Crippen LogP contribution in [0.2, 0.25) is 5.02 Å². The summed E-state index contributed by atoms with van der Waals surface area (Å²) in [6.45, 7) is 1.22. The molecule has 6 heteroatoms. The maximum Gasteiger partial charge on any atom is 0.255 e. The maximum atomic E-state index is 11.0. The van der Waals surface area contributed by atoms with E-state index in [9.17, 15) is 4.79 Å². The molecular formula is C17H20ClN2O3+. The fourth-order valence-electron chi connectivity index (χ4n) is 2.24. The maximum absolute atomic E-state index is 11.0. The van der Waals surface area contributed by atoms with Gasteiger partial charge in [-0.15, -0.1) is 0 Å². The molecule has 0 aliphatic heterocycles. The zero-order valence-electron chi connectivity index (χ0n) is 12.9. The molecule has 0 unspecified atom stereocenters. The number of carbonyl (C=O) groups is 1. The van der Waals surface area contributed by atoms with Gasteiger partial charge in [0, 0.05) is 10.6 Å². The van der Waals surface area contributed by atoms with Crippen LogP contribution in [0.15, 0.2) is 42.5 Å². The summed E-state index contributed by atoms with van der Waals surface area (Å²) in [7, 11) is 1.56. The number of nitrogens with two attached hydrogens (primary N) is 2. The Hall–Kier alpha value is -2.24. The number of ether oxygens (including phenoxy) is 2. The highest BCUT2D eigenvalue weighted by Crippen LogP contribution is 2.30. The van der Waals surface area contributed by atoms with Crippen LogP contribution < -0.4 is 20.5 Å². The second-order valence-corrected chi connectivity index (χ2v) is 5.40. The number of methoxy groups -OCH3 is 1. The molecule has 0 spiro atoms. The fraction of sp³-hybridized carbons (Fsp3) is 0.235. The summed E-state index contributed by atoms with van der Waals surface area (Å²) < 4.78 is 10.8. The molecule has 0 atom stereocenters. The molecule has 2 aromatic carbocycles. The molecule has 0 saturated carbocycles. The number of quaternary nitrogens is 1. The van der Waals surface area contributed by atoms with E-state index in [1.54, 1.807) is 13.2 Å². The van der Waals surface area contributed by atoms with Crippen LogP contribution in [0.1, 0.15) is 11.1 Å². The van der Waals surface area contributed by atoms with E-state index in [-0.39, 0.29) is 6.61 Å². The van der Waals surface area contributed by atoms with Crippen LogP contribution in [0.4, 0.5) is 0 Å². The smallest absolute Gasteiger partial charge is 0.255 e. The molecule has 1 amide bonds. The zero-order chi connectivity index (χ0) is 16.7. The number of primary amides is 1. The van der Waals surface area contributed by atoms with E-state index in [1.807, 2.05) is 36.4 Å². The number of amides is 1. The van der Waals surface area contributed by atoms with Crippen LogP contribution in [0.3, 0.4) is 0 Å². The highest BCUT2D eigenvalue weighted by atomic mass is 35.5. The Bertz CT molecular complexity index is 677. The lowest BCUT2D eigenvalue weighted by Crippen LogP contribution is -2.80. The van der Waals surface area contributed by atoms with Gasteiger partial charge in [0.2, 0.25) is 0 Å². The largest absolute Gasteiger partial charge is 0.493 e. The molecule has 2 aromatic rings. The summed E-state index contributed by atoms with van der Waals surface area (Å²) in [5, 5.41) is 2.85. The van der Waals surface area contributed by atoms with E-state index >= 15 is 0 Å². The lowest BCUT2D eigenvalue weighted by Gasteiger charge is -2.13. The molecule has 0 heterocycles. The first kappa shape index (κ1) is 17.1. The van der Waals surface area contributed by atoms with Crippen molar-refractivity contribution in [3.05, 3.63) is 58.6 Å². The van der Waals surface area contributed by atoms with Crippen molar-refractivity contribution >= 4 is 17.5 Å². The van der Waals surface area contributed by atoms with E-state index < -0.39 is 5.91 Å². The van der Waals surface area contributed by atoms with E-state index in [0.717, 1.165) is 22.7 Å². The van der Waals surface area contributed by atoms with Gasteiger partial charge in [-0.1, -0.05) is 35.9 Å². The van der Waals surface area contributed by atoms with Gasteiger partial charge in [0.1, 0.15) is 13.1 Å². The minimum absolute atomic E-state index is 0.183. The predicted octanol–water partition coefficient (Wildman–Crippen LogP) is 1.48. The molecule has 122 valence electrons. The summed E-state index contributed by atoms with van der Waals surface area (Å²) in [5.41, 5.74) is 7.14. The highest BCUT2D eigenvalue weighted by Gasteiger charge is 2.13. The van der Waals surface area contributed by atoms with Gasteiger partial charge >= 0.3 is 0 Å². The molecule has 4 N–H and O–H groups in total. The second kappa shape index (κ2) is 8.41. The van der Waals surface area contributed by atoms with Gasteiger partial charge < -0.3 is 20.5 Å². The van der Waals surface area contributed by atoms with Gasteiger partial charge in [0.15, 0.2) is 18.1 Å². The highest BCUT2D eigenvalue weighted by molar-refractivity contribution is 6.31. The Labute approximate surface area is 140 Å². The Morgan fingerprint density at radius 2 is 1.83 bits per heavy atom. The van der Waals surface area contributed by atoms with Crippen molar-refractivity contribution in [2.24, 2.45) is 5.73 Å². The summed E-state index contributed by atoms with van der Waals surface area (Å²) in [6.07, 6.45) is 0. The topological polar surface area (TPSA) is 78.2 Å². The first-order valence-corrected chi connectivity index (χ1v) is 7.61. The second-order valence-electron chi connectivity index (χ2n) is 4.99. The van der Waals surface area contributed by atoms with E-state index in [0.29, 0.717) is 18.0 Å². The zero-order valence-corrected chi connectivity index (χ0v) is 13.7. The van der Waals surface area contributed by atoms with Gasteiger partial charge in [-0.3, -0.25) is 4.79 Å². The summed E-state index contributed by atoms with van der Waals surface area (Å²) >= 11 is 6.15. The van der Waals surface area contributed by atoms with Crippen molar-refractivity contribution in [2.75, 3.05) is 13.7 Å². The van der Waals surface area contributed by atoms with Gasteiger partial charge in [-0.25, -0.2) is 0 Å². The average molecular weight is 336 g/mol. The molecule has 0 aliphatic rings. The van der Waals surface area contributed by atoms with Crippen molar-refractivity contribution in [1.82, 2.24) is 0 Å². The molecule has 0 bridgehead atoms. The van der Waals surface area contributed by atoms with Crippen molar-refractivity contribution in [3.8, 4) is 11.5 Å². The number of rotatable bonds is 8. The molecule has 23 heavy (non-hydrogen) atoms. The lowest BCUT2D eigenvalue weighted by atomic mass is 10.1. The monoisotopic (exact) mass is 335 g/mol. The molecule has 0 aliphatic carbocycles. The minimum atomic E-state index is -0.526. The molecule has 0 aromatic heterocycles. The molecule has 0 radical (unpaired) electrons. The normalized spacial score (nSPS) is 10.3. The predicted molar refractivity (Wildman–Crippen MR) is 88.5 cm³/mol. The van der Waals surface area contributed by atoms with Crippen LogP contribution in [-0.4, -0.2) is 19.6 Å². The number of benzene rings is 2. The van der Waals surface area contributed by atoms with Crippen molar-refractivity contribution in [2.45, 2.75) is 13.1 Å². The van der Waals surface area contributed by atoms with Crippen LogP contribution >= 0.6 is 11.6 Å². The van der Waals surface area contributed by atoms with Gasteiger partial charge in [-0.2, -0.15) is 0 Å². The first-order valence-electron chi connectivity index (χ1n) is 7.24. The standard InChI is InChI=1S/C17H19ClN2O3/c1-22-15-8-4-6-13(17(15)23-11-16(19)21)10-20-9-12-5-2-3-7-14(12)18/h2-8,20H,9-11H2,1H3,(H2,19,21)/p+1. The van der Waals surface area contributed by atoms with Crippen LogP contribution in [0, 0.1) is 0 Å². The Morgan fingerprint density at radius 1 is 1.13 bits per heavy atom. The number of carbonyl (C=O) groups excluding carboxylic acids is 1. The molecular weight excluding hydrogens is 316 g/mol. The SMILES string of the molecule is COc1cccc(C[NH2+]Cc2ccccc2Cl)c1OCC(N)=O. The van der Waals surface area contributed by atoms with E-state index in [1.165, 1.54) is 0 Å². The van der Waals surface area contributed by atoms with Gasteiger partial charge in [0.25, 0.3) is 5.91 Å².